The topological polar surface area (TPSA) is 84.6 Å². The minimum absolute atomic E-state index is 0.212. The van der Waals surface area contributed by atoms with Crippen LogP contribution >= 0.6 is 0 Å². The molecule has 0 radical (unpaired) electrons. The van der Waals surface area contributed by atoms with Crippen molar-refractivity contribution in [3.05, 3.63) is 103 Å². The normalized spacial score (nSPS) is 10.9. The van der Waals surface area contributed by atoms with Crippen molar-refractivity contribution < 1.29 is 19.7 Å². The third-order valence-electron chi connectivity index (χ3n) is 5.47. The number of aromatic nitrogens is 2. The Hall–Kier alpha value is -4.58. The quantitative estimate of drug-likeness (QED) is 0.254. The van der Waals surface area contributed by atoms with Crippen LogP contribution < -0.4 is 4.74 Å². The Labute approximate surface area is 190 Å². The van der Waals surface area contributed by atoms with E-state index >= 15 is 0 Å². The van der Waals surface area contributed by atoms with Crippen molar-refractivity contribution in [3.8, 4) is 34.0 Å². The van der Waals surface area contributed by atoms with Crippen molar-refractivity contribution in [1.82, 2.24) is 9.55 Å². The van der Waals surface area contributed by atoms with E-state index in [1.165, 1.54) is 0 Å². The van der Waals surface area contributed by atoms with Gasteiger partial charge in [0.15, 0.2) is 0 Å². The summed E-state index contributed by atoms with van der Waals surface area (Å²) in [5.74, 6) is 1.33. The smallest absolute Gasteiger partial charge is 0.508 e. The number of carboxylic acid groups (broad SMARTS) is 1. The standard InChI is InChI=1S/C27H20N2O4/c30-21-15-13-20(14-16-21)26-28-23-6-2-3-7-24(23)29(26)17-18-9-11-19(12-10-18)22-5-1-4-8-25(22)33-27(31)32/h1-16,30H,17H2,(H,31,32). The highest BCUT2D eigenvalue weighted by atomic mass is 16.7. The van der Waals surface area contributed by atoms with Crippen LogP contribution in [-0.2, 0) is 6.54 Å². The van der Waals surface area contributed by atoms with Gasteiger partial charge < -0.3 is 19.5 Å². The number of phenols is 1. The summed E-state index contributed by atoms with van der Waals surface area (Å²) in [5.41, 5.74) is 5.48. The second-order valence-corrected chi connectivity index (χ2v) is 7.62. The first-order chi connectivity index (χ1) is 16.1. The molecule has 0 aliphatic heterocycles. The van der Waals surface area contributed by atoms with E-state index in [0.29, 0.717) is 17.9 Å². The fourth-order valence-corrected chi connectivity index (χ4v) is 3.93. The Balaban J connectivity index is 1.51. The molecule has 0 saturated carbocycles. The lowest BCUT2D eigenvalue weighted by molar-refractivity contribution is 0.144. The Morgan fingerprint density at radius 3 is 2.24 bits per heavy atom. The van der Waals surface area contributed by atoms with Crippen molar-refractivity contribution in [1.29, 1.82) is 0 Å². The summed E-state index contributed by atoms with van der Waals surface area (Å²) in [6.45, 7) is 0.601. The molecule has 33 heavy (non-hydrogen) atoms. The zero-order chi connectivity index (χ0) is 22.8. The first-order valence-corrected chi connectivity index (χ1v) is 10.4. The maximum atomic E-state index is 11.0. The zero-order valence-corrected chi connectivity index (χ0v) is 17.6. The molecule has 0 bridgehead atoms. The van der Waals surface area contributed by atoms with Crippen LogP contribution in [-0.4, -0.2) is 25.9 Å². The van der Waals surface area contributed by atoms with E-state index < -0.39 is 6.16 Å². The van der Waals surface area contributed by atoms with Crippen LogP contribution in [0.2, 0.25) is 0 Å². The molecule has 5 aromatic rings. The van der Waals surface area contributed by atoms with Gasteiger partial charge in [0.25, 0.3) is 0 Å². The van der Waals surface area contributed by atoms with E-state index in [1.54, 1.807) is 24.3 Å². The van der Waals surface area contributed by atoms with Crippen molar-refractivity contribution in [2.24, 2.45) is 0 Å². The largest absolute Gasteiger partial charge is 0.511 e. The van der Waals surface area contributed by atoms with Crippen LogP contribution in [0.5, 0.6) is 11.5 Å². The number of ether oxygens (including phenoxy) is 1. The summed E-state index contributed by atoms with van der Waals surface area (Å²) in [5, 5.41) is 18.7. The second kappa shape index (κ2) is 8.51. The van der Waals surface area contributed by atoms with Crippen molar-refractivity contribution in [2.75, 3.05) is 0 Å². The highest BCUT2D eigenvalue weighted by Gasteiger charge is 2.14. The van der Waals surface area contributed by atoms with E-state index in [-0.39, 0.29) is 5.75 Å². The zero-order valence-electron chi connectivity index (χ0n) is 17.6. The number of carbonyl (C=O) groups is 1. The fraction of sp³-hybridized carbons (Fsp3) is 0.0370. The third kappa shape index (κ3) is 4.14. The van der Waals surface area contributed by atoms with Crippen molar-refractivity contribution >= 4 is 17.2 Å². The SMILES string of the molecule is O=C(O)Oc1ccccc1-c1ccc(Cn2c(-c3ccc(O)cc3)nc3ccccc32)cc1. The number of nitrogens with zero attached hydrogens (tertiary/aromatic N) is 2. The van der Waals surface area contributed by atoms with Gasteiger partial charge in [0.05, 0.1) is 11.0 Å². The summed E-state index contributed by atoms with van der Waals surface area (Å²) in [6, 6.07) is 30.0. The summed E-state index contributed by atoms with van der Waals surface area (Å²) < 4.78 is 7.07. The Bertz CT molecular complexity index is 1440. The Morgan fingerprint density at radius 2 is 1.48 bits per heavy atom. The fourth-order valence-electron chi connectivity index (χ4n) is 3.93. The first-order valence-electron chi connectivity index (χ1n) is 10.4. The molecule has 0 aliphatic carbocycles. The predicted octanol–water partition coefficient (Wildman–Crippen LogP) is 6.18. The molecular weight excluding hydrogens is 416 g/mol. The highest BCUT2D eigenvalue weighted by Crippen LogP contribution is 2.31. The first kappa shape index (κ1) is 20.3. The molecule has 2 N–H and O–H groups in total. The molecule has 0 fully saturated rings. The molecular formula is C27H20N2O4. The molecule has 0 atom stereocenters. The van der Waals surface area contributed by atoms with Crippen LogP contribution in [0.15, 0.2) is 97.1 Å². The summed E-state index contributed by atoms with van der Waals surface area (Å²) in [7, 11) is 0. The molecule has 4 aromatic carbocycles. The van der Waals surface area contributed by atoms with E-state index in [1.807, 2.05) is 72.8 Å². The van der Waals surface area contributed by atoms with Crippen LogP contribution in [0, 0.1) is 0 Å². The van der Waals surface area contributed by atoms with Crippen LogP contribution in [0.1, 0.15) is 5.56 Å². The number of imidazole rings is 1. The van der Waals surface area contributed by atoms with Crippen LogP contribution in [0.25, 0.3) is 33.5 Å². The van der Waals surface area contributed by atoms with E-state index in [9.17, 15) is 9.90 Å². The number of hydrogen-bond acceptors (Lipinski definition) is 4. The van der Waals surface area contributed by atoms with Crippen LogP contribution in [0.4, 0.5) is 4.79 Å². The number of para-hydroxylation sites is 3. The van der Waals surface area contributed by atoms with E-state index in [0.717, 1.165) is 33.5 Å². The van der Waals surface area contributed by atoms with Gasteiger partial charge >= 0.3 is 6.16 Å². The summed E-state index contributed by atoms with van der Waals surface area (Å²) in [4.78, 5) is 15.8. The Kier molecular flexibility index (Phi) is 5.24. The summed E-state index contributed by atoms with van der Waals surface area (Å²) in [6.07, 6.45) is -1.34. The number of fused-ring (bicyclic) bond motifs is 1. The maximum absolute atomic E-state index is 11.0. The molecule has 0 unspecified atom stereocenters. The molecule has 0 saturated heterocycles. The van der Waals surface area contributed by atoms with Gasteiger partial charge in [-0.2, -0.15) is 0 Å². The van der Waals surface area contributed by atoms with E-state index in [2.05, 4.69) is 4.57 Å². The van der Waals surface area contributed by atoms with Crippen molar-refractivity contribution in [2.45, 2.75) is 6.54 Å². The monoisotopic (exact) mass is 436 g/mol. The average Bonchev–Trinajstić information content (AvgIpc) is 3.18. The molecule has 1 aromatic heterocycles. The van der Waals surface area contributed by atoms with E-state index in [4.69, 9.17) is 14.8 Å². The molecule has 0 amide bonds. The van der Waals surface area contributed by atoms with Gasteiger partial charge in [-0.05, 0) is 53.6 Å². The number of phenolic OH excluding ortho intramolecular Hbond substituents is 1. The molecule has 0 aliphatic rings. The average molecular weight is 436 g/mol. The summed E-state index contributed by atoms with van der Waals surface area (Å²) >= 11 is 0. The van der Waals surface area contributed by atoms with Gasteiger partial charge in [-0.3, -0.25) is 0 Å². The molecule has 1 heterocycles. The lowest BCUT2D eigenvalue weighted by Gasteiger charge is -2.12. The Morgan fingerprint density at radius 1 is 0.818 bits per heavy atom. The van der Waals surface area contributed by atoms with Gasteiger partial charge in [0.2, 0.25) is 0 Å². The van der Waals surface area contributed by atoms with Gasteiger partial charge in [0, 0.05) is 17.7 Å². The molecule has 5 rings (SSSR count). The highest BCUT2D eigenvalue weighted by molar-refractivity contribution is 5.81. The number of benzene rings is 4. The van der Waals surface area contributed by atoms with Gasteiger partial charge in [-0.25, -0.2) is 9.78 Å². The molecule has 6 nitrogen and oxygen atoms in total. The number of aromatic hydroxyl groups is 1. The molecule has 162 valence electrons. The maximum Gasteiger partial charge on any atom is 0.511 e. The van der Waals surface area contributed by atoms with Crippen LogP contribution in [0.3, 0.4) is 0 Å². The number of rotatable bonds is 5. The lowest BCUT2D eigenvalue weighted by Crippen LogP contribution is -2.04. The van der Waals surface area contributed by atoms with Crippen molar-refractivity contribution in [3.63, 3.8) is 0 Å². The van der Waals surface area contributed by atoms with Gasteiger partial charge in [-0.1, -0.05) is 54.6 Å². The third-order valence-corrected chi connectivity index (χ3v) is 5.47. The van der Waals surface area contributed by atoms with Gasteiger partial charge in [-0.15, -0.1) is 0 Å². The molecule has 0 spiro atoms. The number of hydrogen-bond donors (Lipinski definition) is 2. The predicted molar refractivity (Wildman–Crippen MR) is 126 cm³/mol. The molecule has 6 heteroatoms. The van der Waals surface area contributed by atoms with Gasteiger partial charge in [0.1, 0.15) is 17.3 Å². The minimum Gasteiger partial charge on any atom is -0.508 e. The lowest BCUT2D eigenvalue weighted by atomic mass is 10.0. The minimum atomic E-state index is -1.34. The second-order valence-electron chi connectivity index (χ2n) is 7.62.